The van der Waals surface area contributed by atoms with Crippen molar-refractivity contribution in [3.8, 4) is 0 Å². The minimum absolute atomic E-state index is 2.50. The van der Waals surface area contributed by atoms with E-state index in [0.717, 1.165) is 0 Å². The van der Waals surface area contributed by atoms with Crippen molar-refractivity contribution in [2.45, 2.75) is 0 Å². The second-order valence-corrected chi connectivity index (χ2v) is 6.82. The Labute approximate surface area is 408 Å². The molecule has 392 valence electrons. The highest BCUT2D eigenvalue weighted by molar-refractivity contribution is 4.20. The quantitative estimate of drug-likeness (QED) is 0.0430. The van der Waals surface area contributed by atoms with Crippen molar-refractivity contribution >= 4 is 0 Å². The minimum atomic E-state index is 2.50. The Morgan fingerprint density at radius 3 is 0.141 bits per heavy atom. The Kier molecular flexibility index (Phi) is 49.1. The van der Waals surface area contributed by atoms with Crippen LogP contribution in [0.1, 0.15) is 0 Å². The molecule has 0 radical (unpaired) electrons. The molecule has 0 aliphatic heterocycles. The first-order valence-electron chi connectivity index (χ1n) is 15.4. The number of hydrogen-bond acceptors (Lipinski definition) is 2. The fourth-order valence-electron chi connectivity index (χ4n) is 1.33. The van der Waals surface area contributed by atoms with Crippen LogP contribution in [-0.2, 0) is 0 Å². The van der Waals surface area contributed by atoms with Gasteiger partial charge in [-0.1, -0.05) is 0 Å². The largest absolute Gasteiger partial charge is 0.183 e. The molecule has 0 unspecified atom stereocenters. The number of nitrogens with one attached hydrogen (secondary N) is 2. The molecule has 78 nitrogen and oxygen atoms in total. The van der Waals surface area contributed by atoms with E-state index in [0.29, 0.717) is 0 Å². The number of hydrogen-bond donors (Lipinski definition) is 2. The maximum absolute atomic E-state index is 6.26. The van der Waals surface area contributed by atoms with Gasteiger partial charge in [0, 0.05) is 313 Å². The summed E-state index contributed by atoms with van der Waals surface area (Å²) >= 11 is 0. The van der Waals surface area contributed by atoms with E-state index in [9.17, 15) is 0 Å². The van der Waals surface area contributed by atoms with E-state index in [4.69, 9.17) is 11.1 Å². The van der Waals surface area contributed by atoms with Crippen molar-refractivity contribution in [3.63, 3.8) is 0 Å². The van der Waals surface area contributed by atoms with E-state index in [1.807, 2.05) is 0 Å². The van der Waals surface area contributed by atoms with Crippen molar-refractivity contribution in [1.82, 2.24) is 0 Å². The molecule has 0 bridgehead atoms. The SMILES string of the molecule is N=N/N=N/N=N/N=N/N=N/N=N/N=N/N=N/N=N/N=N/N=N/N=N/N=N/N=N/N=N/N=N/N=N/N=N/N=N/N=N/N=N/N=N/N=N/N=N/N=N/N=N/N=N/N=N/N=N/N=N/N=N/N=N/N=N/N=N/N=N/N=N/N=N/N=N/N=N. The molecule has 78 heavy (non-hydrogen) atoms. The predicted octanol–water partition coefficient (Wildman–Crippen LogP) is 14.5. The van der Waals surface area contributed by atoms with E-state index in [1.165, 1.54) is 0 Å². The van der Waals surface area contributed by atoms with Gasteiger partial charge in [-0.3, -0.25) is 0 Å². The van der Waals surface area contributed by atoms with Crippen molar-refractivity contribution < 1.29 is 0 Å². The highest BCUT2D eigenvalue weighted by Crippen LogP contribution is 1.96. The summed E-state index contributed by atoms with van der Waals surface area (Å²) in [7, 11) is 0. The van der Waals surface area contributed by atoms with E-state index < -0.39 is 0 Å². The molecule has 0 heterocycles. The van der Waals surface area contributed by atoms with E-state index in [1.54, 1.807) is 0 Å². The van der Waals surface area contributed by atoms with E-state index >= 15 is 0 Å². The first-order chi connectivity index (χ1) is 38.9. The predicted molar refractivity (Wildman–Crippen MR) is 190 cm³/mol. The Morgan fingerprint density at radius 2 is 0.103 bits per heavy atom. The number of rotatable bonds is 38. The van der Waals surface area contributed by atoms with Crippen LogP contribution in [0, 0.1) is 11.1 Å². The highest BCUT2D eigenvalue weighted by atomic mass is 15.8. The molecule has 0 aromatic carbocycles. The maximum atomic E-state index is 6.26. The average molecular weight is 1090 g/mol. The van der Waals surface area contributed by atoms with Crippen molar-refractivity contribution in [2.75, 3.05) is 0 Å². The molecule has 0 fully saturated rings. The van der Waals surface area contributed by atoms with E-state index in [-0.39, 0.29) is 0 Å². The standard InChI is InChI=1S/H2N78/c1-3-5-7-9-11-13-15-17-19-21-23-25-27-29-31-33-35-37-39-41-43-45-47-49-51-53-55-57-59-61-63-65-67-69-71-73-75-77-78-76-74-72-70-68-66-64-62-60-58-56-54-52-50-48-46-44-42-40-38-36-34-32-30-28-26-24-22-20-18-16-14-12-10-8-6-4-2/h1-2H/b3-1?,4-2?,7-5+,8-6+,11-9+,12-10+,15-13+,16-14+,19-17+,20-18+,23-21+,24-22+,27-25+,28-26+,31-29+,32-30+,35-33+,36-34+,39-37+,40-38+,43-41+,44-42+,47-45+,48-46+,51-49+,52-50+,55-53+,56-54+,59-57+,60-58+,63-61+,64-62+,67-65+,68-66+,71-69+,72-70+,75-73+,76-74+,78-77+. The Hall–Kier alpha value is -15.6. The van der Waals surface area contributed by atoms with Crippen molar-refractivity contribution in [1.29, 1.82) is 11.1 Å². The summed E-state index contributed by atoms with van der Waals surface area (Å²) in [4.78, 5) is 0. The highest BCUT2D eigenvalue weighted by Gasteiger charge is 1.78. The molecule has 0 saturated heterocycles. The lowest BCUT2D eigenvalue weighted by molar-refractivity contribution is 0.723. The fourth-order valence-corrected chi connectivity index (χ4v) is 1.33. The normalized spacial score (nSPS) is 15.4. The summed E-state index contributed by atoms with van der Waals surface area (Å²) in [6.07, 6.45) is 0. The zero-order valence-electron chi connectivity index (χ0n) is 35.0. The molecule has 0 rings (SSSR count). The van der Waals surface area contributed by atoms with Gasteiger partial charge in [-0.2, -0.15) is 11.1 Å². The van der Waals surface area contributed by atoms with Gasteiger partial charge >= 0.3 is 0 Å². The Balaban J connectivity index is 4.10. The van der Waals surface area contributed by atoms with Crippen LogP contribution in [0.25, 0.3) is 0 Å². The van der Waals surface area contributed by atoms with Crippen LogP contribution >= 0.6 is 0 Å². The van der Waals surface area contributed by atoms with Gasteiger partial charge in [0.15, 0.2) is 0 Å². The van der Waals surface area contributed by atoms with E-state index in [2.05, 4.69) is 397 Å². The second kappa shape index (κ2) is 61.4. The molecule has 0 aromatic rings. The van der Waals surface area contributed by atoms with Gasteiger partial charge in [-0.25, -0.2) is 0 Å². The molecule has 0 aromatic heterocycles. The Bertz CT molecular complexity index is 2550. The van der Waals surface area contributed by atoms with Gasteiger partial charge < -0.3 is 0 Å². The molecule has 0 atom stereocenters. The van der Waals surface area contributed by atoms with Crippen molar-refractivity contribution in [3.05, 3.63) is 0 Å². The van der Waals surface area contributed by atoms with Gasteiger partial charge in [-0.15, -0.1) is 0 Å². The zero-order valence-corrected chi connectivity index (χ0v) is 35.0. The van der Waals surface area contributed by atoms with Crippen LogP contribution in [0.15, 0.2) is 397 Å². The molecule has 0 saturated carbocycles. The molecular weight excluding hydrogens is 1090 g/mol. The summed E-state index contributed by atoms with van der Waals surface area (Å²) < 4.78 is 0. The van der Waals surface area contributed by atoms with Gasteiger partial charge in [0.2, 0.25) is 0 Å². The van der Waals surface area contributed by atoms with Gasteiger partial charge in [0.1, 0.15) is 0 Å². The molecule has 2 N–H and O–H groups in total. The molecule has 78 heteroatoms. The van der Waals surface area contributed by atoms with Crippen LogP contribution in [0.2, 0.25) is 0 Å². The second-order valence-electron chi connectivity index (χ2n) is 6.82. The topological polar surface area (TPSA) is 987 Å². The van der Waals surface area contributed by atoms with Gasteiger partial charge in [-0.05, 0) is 83.6 Å². The van der Waals surface area contributed by atoms with Crippen molar-refractivity contribution in [2.24, 2.45) is 397 Å². The van der Waals surface area contributed by atoms with Gasteiger partial charge in [0.05, 0.1) is 0 Å². The summed E-state index contributed by atoms with van der Waals surface area (Å²) in [6, 6.07) is 0. The van der Waals surface area contributed by atoms with Crippen LogP contribution in [-0.4, -0.2) is 0 Å². The molecule has 0 amide bonds. The number of nitrogens with zero attached hydrogens (tertiary/aromatic N) is 76. The van der Waals surface area contributed by atoms with Crippen LogP contribution < -0.4 is 0 Å². The molecular formula is H2N78. The molecule has 0 aliphatic carbocycles. The third-order valence-corrected chi connectivity index (χ3v) is 3.01. The third kappa shape index (κ3) is 60.4. The van der Waals surface area contributed by atoms with Crippen LogP contribution in [0.4, 0.5) is 0 Å². The van der Waals surface area contributed by atoms with Crippen LogP contribution in [0.5, 0.6) is 0 Å². The van der Waals surface area contributed by atoms with Gasteiger partial charge in [0.25, 0.3) is 0 Å². The lowest BCUT2D eigenvalue weighted by Crippen LogP contribution is -1.52. The smallest absolute Gasteiger partial charge is 0 e. The lowest BCUT2D eigenvalue weighted by Gasteiger charge is -1.70. The summed E-state index contributed by atoms with van der Waals surface area (Å²) in [5.41, 5.74) is 12.5. The minimum Gasteiger partial charge on any atom is -0.183 e. The monoisotopic (exact) mass is 1090 g/mol. The molecule has 0 spiro atoms. The fraction of sp³-hybridized carbons (Fsp3) is 0. The maximum Gasteiger partial charge on any atom is 0 e. The third-order valence-electron chi connectivity index (χ3n) is 3.01. The first kappa shape index (κ1) is 62.4. The summed E-state index contributed by atoms with van der Waals surface area (Å²) in [6.45, 7) is 0. The van der Waals surface area contributed by atoms with Crippen LogP contribution in [0.3, 0.4) is 0 Å². The first-order valence-corrected chi connectivity index (χ1v) is 15.4. The lowest BCUT2D eigenvalue weighted by atomic mass is 12.3. The zero-order chi connectivity index (χ0) is 55.7. The molecule has 0 aliphatic rings. The summed E-state index contributed by atoms with van der Waals surface area (Å²) in [5, 5.41) is 225. The Morgan fingerprint density at radius 1 is 0.0641 bits per heavy atom. The average Bonchev–Trinajstić information content (AvgIpc) is 3.45. The summed E-state index contributed by atoms with van der Waals surface area (Å²) in [5.74, 6) is 0.